The molecule has 1 saturated carbocycles. The molecule has 1 fully saturated rings. The molecule has 15 heavy (non-hydrogen) atoms. The highest BCUT2D eigenvalue weighted by Crippen LogP contribution is 2.31. The van der Waals surface area contributed by atoms with E-state index in [1.807, 2.05) is 0 Å². The van der Waals surface area contributed by atoms with Crippen molar-refractivity contribution in [3.8, 4) is 5.75 Å². The van der Waals surface area contributed by atoms with Crippen LogP contribution in [0.3, 0.4) is 0 Å². The van der Waals surface area contributed by atoms with Crippen molar-refractivity contribution in [1.82, 2.24) is 0 Å². The van der Waals surface area contributed by atoms with E-state index in [1.165, 1.54) is 12.1 Å². The van der Waals surface area contributed by atoms with Gasteiger partial charge in [0.2, 0.25) is 10.0 Å². The second kappa shape index (κ2) is 3.91. The molecule has 0 radical (unpaired) electrons. The number of ether oxygens (including phenoxy) is 1. The first kappa shape index (κ1) is 11.2. The normalized spacial score (nSPS) is 16.4. The number of rotatable bonds is 3. The van der Waals surface area contributed by atoms with Crippen LogP contribution in [-0.4, -0.2) is 14.5 Å². The van der Waals surface area contributed by atoms with E-state index < -0.39 is 10.0 Å². The summed E-state index contributed by atoms with van der Waals surface area (Å²) < 4.78 is 28.7. The van der Waals surface area contributed by atoms with E-state index >= 15 is 0 Å². The first-order chi connectivity index (χ1) is 6.97. The van der Waals surface area contributed by atoms with Crippen LogP contribution in [-0.2, 0) is 10.0 Å². The van der Waals surface area contributed by atoms with Crippen LogP contribution in [0, 0.1) is 3.57 Å². The maximum Gasteiger partial charge on any atom is 0.238 e. The third kappa shape index (κ3) is 2.82. The van der Waals surface area contributed by atoms with Gasteiger partial charge in [-0.1, -0.05) is 0 Å². The van der Waals surface area contributed by atoms with E-state index in [2.05, 4.69) is 22.6 Å². The predicted octanol–water partition coefficient (Wildman–Crippen LogP) is 1.48. The zero-order valence-electron chi connectivity index (χ0n) is 7.81. The lowest BCUT2D eigenvalue weighted by Crippen LogP contribution is -2.12. The number of halogens is 1. The Labute approximate surface area is 102 Å². The number of primary sulfonamides is 1. The summed E-state index contributed by atoms with van der Waals surface area (Å²) in [6, 6.07) is 4.66. The standard InChI is InChI=1S/C9H10INO3S/c10-8-4-3-7(15(11,12)13)5-9(8)14-6-1-2-6/h3-6H,1-2H2,(H2,11,12,13). The summed E-state index contributed by atoms with van der Waals surface area (Å²) in [6.07, 6.45) is 2.32. The molecular formula is C9H10INO3S. The van der Waals surface area contributed by atoms with Crippen molar-refractivity contribution in [2.24, 2.45) is 5.14 Å². The molecule has 2 rings (SSSR count). The molecule has 0 amide bonds. The Morgan fingerprint density at radius 1 is 1.40 bits per heavy atom. The Bertz CT molecular complexity index is 482. The van der Waals surface area contributed by atoms with Gasteiger partial charge in [-0.15, -0.1) is 0 Å². The second-order valence-corrected chi connectivity index (χ2v) is 6.18. The van der Waals surface area contributed by atoms with E-state index in [-0.39, 0.29) is 11.0 Å². The van der Waals surface area contributed by atoms with Gasteiger partial charge in [0.25, 0.3) is 0 Å². The summed E-state index contributed by atoms with van der Waals surface area (Å²) in [7, 11) is -3.64. The fourth-order valence-electron chi connectivity index (χ4n) is 1.12. The first-order valence-corrected chi connectivity index (χ1v) is 7.08. The van der Waals surface area contributed by atoms with Crippen molar-refractivity contribution in [3.63, 3.8) is 0 Å². The number of hydrogen-bond donors (Lipinski definition) is 1. The summed E-state index contributed by atoms with van der Waals surface area (Å²) in [5.74, 6) is 0.602. The maximum absolute atomic E-state index is 11.1. The molecule has 0 unspecified atom stereocenters. The predicted molar refractivity (Wildman–Crippen MR) is 64.2 cm³/mol. The molecule has 0 bridgehead atoms. The lowest BCUT2D eigenvalue weighted by molar-refractivity contribution is 0.300. The van der Waals surface area contributed by atoms with Crippen molar-refractivity contribution in [2.75, 3.05) is 0 Å². The Hall–Kier alpha value is -0.340. The van der Waals surface area contributed by atoms with Crippen LogP contribution >= 0.6 is 22.6 Å². The summed E-state index contributed by atoms with van der Waals surface area (Å²) in [6.45, 7) is 0. The lowest BCUT2D eigenvalue weighted by Gasteiger charge is -2.08. The Balaban J connectivity index is 2.35. The third-order valence-corrected chi connectivity index (χ3v) is 3.85. The van der Waals surface area contributed by atoms with E-state index in [0.717, 1.165) is 16.4 Å². The van der Waals surface area contributed by atoms with Gasteiger partial charge in [0.05, 0.1) is 14.6 Å². The van der Waals surface area contributed by atoms with E-state index in [9.17, 15) is 8.42 Å². The van der Waals surface area contributed by atoms with Crippen LogP contribution in [0.2, 0.25) is 0 Å². The van der Waals surface area contributed by atoms with Crippen molar-refractivity contribution in [1.29, 1.82) is 0 Å². The van der Waals surface area contributed by atoms with Crippen LogP contribution in [0.4, 0.5) is 0 Å². The number of sulfonamides is 1. The highest BCUT2D eigenvalue weighted by molar-refractivity contribution is 14.1. The molecule has 6 heteroatoms. The lowest BCUT2D eigenvalue weighted by atomic mass is 10.3. The van der Waals surface area contributed by atoms with Crippen molar-refractivity contribution in [2.45, 2.75) is 23.8 Å². The maximum atomic E-state index is 11.1. The largest absolute Gasteiger partial charge is 0.489 e. The second-order valence-electron chi connectivity index (χ2n) is 3.45. The molecule has 0 atom stereocenters. The first-order valence-electron chi connectivity index (χ1n) is 4.46. The summed E-state index contributed by atoms with van der Waals surface area (Å²) in [5.41, 5.74) is 0. The molecule has 0 heterocycles. The average molecular weight is 339 g/mol. The highest BCUT2D eigenvalue weighted by Gasteiger charge is 2.24. The van der Waals surface area contributed by atoms with Gasteiger partial charge in [0.15, 0.2) is 0 Å². The number of benzene rings is 1. The van der Waals surface area contributed by atoms with Gasteiger partial charge in [-0.25, -0.2) is 13.6 Å². The monoisotopic (exact) mass is 339 g/mol. The van der Waals surface area contributed by atoms with Gasteiger partial charge < -0.3 is 4.74 Å². The van der Waals surface area contributed by atoms with Gasteiger partial charge in [-0.3, -0.25) is 0 Å². The zero-order chi connectivity index (χ0) is 11.1. The smallest absolute Gasteiger partial charge is 0.238 e. The summed E-state index contributed by atoms with van der Waals surface area (Å²) in [5, 5.41) is 5.04. The topological polar surface area (TPSA) is 69.4 Å². The molecule has 0 aliphatic heterocycles. The fourth-order valence-corrected chi connectivity index (χ4v) is 2.11. The SMILES string of the molecule is NS(=O)(=O)c1ccc(I)c(OC2CC2)c1. The molecule has 1 aromatic carbocycles. The van der Waals surface area contributed by atoms with Gasteiger partial charge >= 0.3 is 0 Å². The third-order valence-electron chi connectivity index (χ3n) is 2.05. The molecule has 1 aromatic rings. The van der Waals surface area contributed by atoms with Gasteiger partial charge in [-0.05, 0) is 47.6 Å². The van der Waals surface area contributed by atoms with E-state index in [4.69, 9.17) is 9.88 Å². The van der Waals surface area contributed by atoms with Crippen molar-refractivity contribution >= 4 is 32.6 Å². The molecule has 2 N–H and O–H groups in total. The Morgan fingerprint density at radius 3 is 2.60 bits per heavy atom. The average Bonchev–Trinajstić information content (AvgIpc) is 2.90. The van der Waals surface area contributed by atoms with Crippen LogP contribution in [0.25, 0.3) is 0 Å². The highest BCUT2D eigenvalue weighted by atomic mass is 127. The van der Waals surface area contributed by atoms with Gasteiger partial charge in [-0.2, -0.15) is 0 Å². The number of nitrogens with two attached hydrogens (primary N) is 1. The minimum atomic E-state index is -3.64. The minimum Gasteiger partial charge on any atom is -0.489 e. The van der Waals surface area contributed by atoms with Crippen LogP contribution in [0.1, 0.15) is 12.8 Å². The molecule has 82 valence electrons. The number of hydrogen-bond acceptors (Lipinski definition) is 3. The van der Waals surface area contributed by atoms with Crippen LogP contribution in [0.15, 0.2) is 23.1 Å². The molecular weight excluding hydrogens is 329 g/mol. The van der Waals surface area contributed by atoms with Crippen molar-refractivity contribution in [3.05, 3.63) is 21.8 Å². The fraction of sp³-hybridized carbons (Fsp3) is 0.333. The molecule has 0 aromatic heterocycles. The van der Waals surface area contributed by atoms with E-state index in [0.29, 0.717) is 5.75 Å². The van der Waals surface area contributed by atoms with Crippen LogP contribution < -0.4 is 9.88 Å². The minimum absolute atomic E-state index is 0.0959. The molecule has 1 aliphatic rings. The molecule has 4 nitrogen and oxygen atoms in total. The summed E-state index contributed by atoms with van der Waals surface area (Å²) >= 11 is 2.11. The molecule has 0 saturated heterocycles. The molecule has 1 aliphatic carbocycles. The Kier molecular flexibility index (Phi) is 2.91. The van der Waals surface area contributed by atoms with Gasteiger partial charge in [0.1, 0.15) is 5.75 Å². The summed E-state index contributed by atoms with van der Waals surface area (Å²) in [4.78, 5) is 0.0959. The van der Waals surface area contributed by atoms with Crippen molar-refractivity contribution < 1.29 is 13.2 Å². The Morgan fingerprint density at radius 2 is 2.07 bits per heavy atom. The quantitative estimate of drug-likeness (QED) is 0.848. The van der Waals surface area contributed by atoms with Gasteiger partial charge in [0, 0.05) is 6.07 Å². The van der Waals surface area contributed by atoms with Crippen LogP contribution in [0.5, 0.6) is 5.75 Å². The molecule has 0 spiro atoms. The van der Waals surface area contributed by atoms with E-state index in [1.54, 1.807) is 6.07 Å². The zero-order valence-corrected chi connectivity index (χ0v) is 10.8.